The van der Waals surface area contributed by atoms with Crippen molar-refractivity contribution in [1.29, 1.82) is 0 Å². The van der Waals surface area contributed by atoms with E-state index >= 15 is 0 Å². The number of urea groups is 1. The second kappa shape index (κ2) is 17.0. The number of likely N-dealkylation sites (tertiary alicyclic amines) is 1. The number of piperidine rings is 1. The third kappa shape index (κ3) is 10.4. The fraction of sp³-hybridized carbons (Fsp3) is 0.725. The Kier molecular flexibility index (Phi) is 13.6. The van der Waals surface area contributed by atoms with Crippen molar-refractivity contribution in [2.24, 2.45) is 22.7 Å². The number of amides is 5. The van der Waals surface area contributed by atoms with Crippen LogP contribution in [0.5, 0.6) is 0 Å². The highest BCUT2D eigenvalue weighted by atomic mass is 32.2. The summed E-state index contributed by atoms with van der Waals surface area (Å²) in [5.41, 5.74) is -1.08. The lowest BCUT2D eigenvalue weighted by atomic mass is 9.83. The SMILES string of the molecule is COC(=O)c1ccc(CCNC(=O)[C@H](CC(F)F)NC(=O)[C@@H]2[C@@H]3[C@H](CN2C(=O)[C@@H](NC(=O)NC2(CS(=O)(=O)C(C)(C)C)CCCCC2)C(C)(C)C)C3(C)C)cc1. The van der Waals surface area contributed by atoms with Gasteiger partial charge in [-0.2, -0.15) is 0 Å². The molecule has 2 aliphatic carbocycles. The van der Waals surface area contributed by atoms with Gasteiger partial charge in [-0.25, -0.2) is 26.8 Å². The predicted octanol–water partition coefficient (Wildman–Crippen LogP) is 4.39. The third-order valence-corrected chi connectivity index (χ3v) is 14.7. The Morgan fingerprint density at radius 2 is 1.55 bits per heavy atom. The predicted molar refractivity (Wildman–Crippen MR) is 208 cm³/mol. The summed E-state index contributed by atoms with van der Waals surface area (Å²) in [5, 5.41) is 10.9. The summed E-state index contributed by atoms with van der Waals surface area (Å²) in [6.45, 7) is 14.4. The van der Waals surface area contributed by atoms with E-state index in [9.17, 15) is 41.2 Å². The molecule has 314 valence electrons. The minimum Gasteiger partial charge on any atom is -0.465 e. The van der Waals surface area contributed by atoms with Gasteiger partial charge in [-0.15, -0.1) is 0 Å². The monoisotopic (exact) mass is 809 g/mol. The maximum Gasteiger partial charge on any atom is 0.337 e. The van der Waals surface area contributed by atoms with Crippen LogP contribution in [0.25, 0.3) is 0 Å². The molecule has 1 heterocycles. The summed E-state index contributed by atoms with van der Waals surface area (Å²) >= 11 is 0. The molecular weight excluding hydrogens is 749 g/mol. The zero-order valence-electron chi connectivity index (χ0n) is 34.2. The van der Waals surface area contributed by atoms with Gasteiger partial charge in [0.25, 0.3) is 0 Å². The average molecular weight is 810 g/mol. The van der Waals surface area contributed by atoms with E-state index in [4.69, 9.17) is 4.74 Å². The Balaban J connectivity index is 1.49. The molecule has 1 aromatic rings. The van der Waals surface area contributed by atoms with Crippen LogP contribution in [0.4, 0.5) is 13.6 Å². The van der Waals surface area contributed by atoms with Crippen LogP contribution in [-0.2, 0) is 35.4 Å². The standard InChI is InChI=1S/C40H61F2N5O8S/c1-37(2,3)31(45-36(52)46-40(18-11-10-12-19-40)23-56(53,54)38(4,5)6)34(50)47-22-26-29(39(26,7)8)30(47)33(49)44-27(21-28(41)42)32(48)43-20-17-24-13-15-25(16-14-24)35(51)55-9/h13-16,26-31H,10-12,17-23H2,1-9H3,(H,43,48)(H,44,49)(H2,45,46,52)/t26-,27-,29-,30-,31+/m0/s1. The molecule has 1 aliphatic heterocycles. The first-order chi connectivity index (χ1) is 25.8. The first-order valence-electron chi connectivity index (χ1n) is 19.5. The van der Waals surface area contributed by atoms with Crippen LogP contribution in [0.1, 0.15) is 110 Å². The molecule has 5 atom stereocenters. The number of carbonyl (C=O) groups is 5. The molecule has 5 amide bonds. The van der Waals surface area contributed by atoms with Crippen LogP contribution in [0.15, 0.2) is 24.3 Å². The molecule has 0 unspecified atom stereocenters. The van der Waals surface area contributed by atoms with Gasteiger partial charge < -0.3 is 30.9 Å². The quantitative estimate of drug-likeness (QED) is 0.200. The molecular formula is C40H61F2N5O8S. The molecule has 2 saturated carbocycles. The van der Waals surface area contributed by atoms with Crippen molar-refractivity contribution >= 4 is 39.6 Å². The van der Waals surface area contributed by atoms with Crippen molar-refractivity contribution in [1.82, 2.24) is 26.2 Å². The van der Waals surface area contributed by atoms with Crippen LogP contribution in [0.3, 0.4) is 0 Å². The number of carbonyl (C=O) groups excluding carboxylic acids is 5. The third-order valence-electron chi connectivity index (χ3n) is 11.9. The maximum atomic E-state index is 14.5. The van der Waals surface area contributed by atoms with E-state index in [0.717, 1.165) is 24.8 Å². The van der Waals surface area contributed by atoms with Crippen LogP contribution in [0, 0.1) is 22.7 Å². The van der Waals surface area contributed by atoms with Crippen molar-refractivity contribution < 1.29 is 45.9 Å². The number of sulfone groups is 1. The molecule has 0 aromatic heterocycles. The zero-order valence-corrected chi connectivity index (χ0v) is 35.0. The number of esters is 1. The molecule has 4 rings (SSSR count). The van der Waals surface area contributed by atoms with Crippen LogP contribution in [-0.4, -0.2) is 104 Å². The van der Waals surface area contributed by atoms with Crippen molar-refractivity contribution in [2.75, 3.05) is 26.0 Å². The zero-order chi connectivity index (χ0) is 42.0. The van der Waals surface area contributed by atoms with Crippen molar-refractivity contribution in [3.05, 3.63) is 35.4 Å². The fourth-order valence-corrected chi connectivity index (χ4v) is 9.72. The summed E-state index contributed by atoms with van der Waals surface area (Å²) < 4.78 is 57.9. The summed E-state index contributed by atoms with van der Waals surface area (Å²) in [6, 6.07) is 2.02. The van der Waals surface area contributed by atoms with Gasteiger partial charge in [0.1, 0.15) is 18.1 Å². The molecule has 1 aromatic carbocycles. The van der Waals surface area contributed by atoms with Crippen molar-refractivity contribution in [3.8, 4) is 0 Å². The lowest BCUT2D eigenvalue weighted by molar-refractivity contribution is -0.144. The van der Waals surface area contributed by atoms with Gasteiger partial charge in [0, 0.05) is 19.5 Å². The number of nitrogens with one attached hydrogen (secondary N) is 4. The largest absolute Gasteiger partial charge is 0.465 e. The van der Waals surface area contributed by atoms with Gasteiger partial charge in [0.15, 0.2) is 9.84 Å². The molecule has 0 spiro atoms. The number of nitrogens with zero attached hydrogens (tertiary/aromatic N) is 1. The first kappa shape index (κ1) is 44.9. The normalized spacial score (nSPS) is 22.6. The van der Waals surface area contributed by atoms with Gasteiger partial charge in [-0.3, -0.25) is 14.4 Å². The summed E-state index contributed by atoms with van der Waals surface area (Å²) in [6.07, 6.45) is -0.210. The van der Waals surface area contributed by atoms with Crippen LogP contribution in [0.2, 0.25) is 0 Å². The smallest absolute Gasteiger partial charge is 0.337 e. The molecule has 13 nitrogen and oxygen atoms in total. The summed E-state index contributed by atoms with van der Waals surface area (Å²) in [5.74, 6) is -3.19. The molecule has 1 saturated heterocycles. The minimum absolute atomic E-state index is 0.0716. The molecule has 56 heavy (non-hydrogen) atoms. The Bertz CT molecular complexity index is 1730. The van der Waals surface area contributed by atoms with E-state index in [1.165, 1.54) is 12.0 Å². The number of ether oxygens (including phenoxy) is 1. The van der Waals surface area contributed by atoms with Crippen LogP contribution < -0.4 is 21.3 Å². The van der Waals surface area contributed by atoms with Gasteiger partial charge in [-0.05, 0) is 80.4 Å². The second-order valence-corrected chi connectivity index (χ2v) is 21.2. The molecule has 16 heteroatoms. The maximum absolute atomic E-state index is 14.5. The highest BCUT2D eigenvalue weighted by Gasteiger charge is 2.70. The Hall–Kier alpha value is -3.82. The molecule has 0 radical (unpaired) electrons. The number of benzene rings is 1. The number of hydrogen-bond donors (Lipinski definition) is 4. The van der Waals surface area contributed by atoms with E-state index in [0.29, 0.717) is 24.8 Å². The molecule has 3 aliphatic rings. The van der Waals surface area contributed by atoms with Gasteiger partial charge in [0.05, 0.1) is 28.7 Å². The van der Waals surface area contributed by atoms with E-state index in [-0.39, 0.29) is 36.1 Å². The minimum atomic E-state index is -3.62. The summed E-state index contributed by atoms with van der Waals surface area (Å²) in [7, 11) is -2.34. The average Bonchev–Trinajstić information content (AvgIpc) is 3.39. The van der Waals surface area contributed by atoms with Gasteiger partial charge >= 0.3 is 12.0 Å². The van der Waals surface area contributed by atoms with E-state index < -0.39 is 86.2 Å². The van der Waals surface area contributed by atoms with Gasteiger partial charge in [-0.1, -0.05) is 66.0 Å². The lowest BCUT2D eigenvalue weighted by Crippen LogP contribution is -2.64. The molecule has 3 fully saturated rings. The number of halogens is 2. The molecule has 4 N–H and O–H groups in total. The Labute approximate surface area is 330 Å². The Morgan fingerprint density at radius 1 is 0.946 bits per heavy atom. The topological polar surface area (TPSA) is 180 Å². The highest BCUT2D eigenvalue weighted by Crippen LogP contribution is 2.65. The van der Waals surface area contributed by atoms with Crippen LogP contribution >= 0.6 is 0 Å². The number of hydrogen-bond acceptors (Lipinski definition) is 8. The van der Waals surface area contributed by atoms with E-state index in [1.54, 1.807) is 65.8 Å². The van der Waals surface area contributed by atoms with Gasteiger partial charge in [0.2, 0.25) is 24.1 Å². The summed E-state index contributed by atoms with van der Waals surface area (Å²) in [4.78, 5) is 68.7. The van der Waals surface area contributed by atoms with E-state index in [2.05, 4.69) is 21.3 Å². The highest BCUT2D eigenvalue weighted by molar-refractivity contribution is 7.92. The number of methoxy groups -OCH3 is 1. The fourth-order valence-electron chi connectivity index (χ4n) is 8.20. The lowest BCUT2D eigenvalue weighted by Gasteiger charge is -2.41. The van der Waals surface area contributed by atoms with Crippen molar-refractivity contribution in [3.63, 3.8) is 0 Å². The number of alkyl halides is 2. The first-order valence-corrected chi connectivity index (χ1v) is 21.1. The van der Waals surface area contributed by atoms with Crippen molar-refractivity contribution in [2.45, 2.75) is 135 Å². The molecule has 0 bridgehead atoms. The van der Waals surface area contributed by atoms with E-state index in [1.807, 2.05) is 13.8 Å². The number of rotatable bonds is 14. The second-order valence-electron chi connectivity index (χ2n) is 18.4. The number of fused-ring (bicyclic) bond motifs is 1. The Morgan fingerprint density at radius 3 is 2.09 bits per heavy atom.